The van der Waals surface area contributed by atoms with Gasteiger partial charge in [-0.2, -0.15) is 0 Å². The normalized spacial score (nSPS) is 10.8. The van der Waals surface area contributed by atoms with E-state index in [4.69, 9.17) is 9.84 Å². The first-order chi connectivity index (χ1) is 12.3. The van der Waals surface area contributed by atoms with E-state index >= 15 is 0 Å². The summed E-state index contributed by atoms with van der Waals surface area (Å²) in [7, 11) is 0. The van der Waals surface area contributed by atoms with Crippen LogP contribution in [0.25, 0.3) is 0 Å². The van der Waals surface area contributed by atoms with Crippen molar-refractivity contribution in [3.8, 4) is 5.75 Å². The number of hydrogen-bond donors (Lipinski definition) is 2. The minimum Gasteiger partial charge on any atom is -0.492 e. The molecule has 7 heteroatoms. The van der Waals surface area contributed by atoms with Crippen LogP contribution in [0.5, 0.6) is 5.75 Å². The van der Waals surface area contributed by atoms with Gasteiger partial charge in [0.25, 0.3) is 0 Å². The summed E-state index contributed by atoms with van der Waals surface area (Å²) in [5.74, 6) is 0.0340. The van der Waals surface area contributed by atoms with Crippen molar-refractivity contribution < 1.29 is 19.4 Å². The summed E-state index contributed by atoms with van der Waals surface area (Å²) in [5, 5.41) is 12.3. The van der Waals surface area contributed by atoms with Crippen LogP contribution in [0.15, 0.2) is 18.2 Å². The van der Waals surface area contributed by atoms with Gasteiger partial charge in [0, 0.05) is 0 Å². The molecular weight excluding hydrogens is 352 g/mol. The number of aromatic carboxylic acids is 1. The fourth-order valence-corrected chi connectivity index (χ4v) is 3.57. The number of benzene rings is 1. The molecule has 1 heterocycles. The van der Waals surface area contributed by atoms with Crippen molar-refractivity contribution in [3.63, 3.8) is 0 Å². The number of carbonyl (C=O) groups is 2. The molecule has 0 radical (unpaired) electrons. The third-order valence-electron chi connectivity index (χ3n) is 3.90. The number of carbonyl (C=O) groups excluding carboxylic acids is 1. The Morgan fingerprint density at radius 1 is 1.31 bits per heavy atom. The molecule has 2 rings (SSSR count). The molecule has 140 valence electrons. The highest BCUT2D eigenvalue weighted by Gasteiger charge is 2.15. The van der Waals surface area contributed by atoms with E-state index in [0.29, 0.717) is 29.8 Å². The maximum Gasteiger partial charge on any atom is 0.347 e. The third kappa shape index (κ3) is 5.29. The zero-order chi connectivity index (χ0) is 19.3. The molecule has 2 N–H and O–H groups in total. The Hall–Kier alpha value is -2.41. The predicted molar refractivity (Wildman–Crippen MR) is 101 cm³/mol. The van der Waals surface area contributed by atoms with Crippen molar-refractivity contribution in [2.75, 3.05) is 13.2 Å². The van der Waals surface area contributed by atoms with Gasteiger partial charge in [-0.1, -0.05) is 19.9 Å². The molecule has 0 aliphatic heterocycles. The molecular formula is C19H24N2O4S. The van der Waals surface area contributed by atoms with Crippen LogP contribution in [-0.4, -0.2) is 35.1 Å². The van der Waals surface area contributed by atoms with Gasteiger partial charge in [0.1, 0.15) is 22.2 Å². The van der Waals surface area contributed by atoms with Crippen molar-refractivity contribution in [2.24, 2.45) is 0 Å². The highest BCUT2D eigenvalue weighted by atomic mass is 32.1. The first kappa shape index (κ1) is 19.9. The van der Waals surface area contributed by atoms with E-state index in [9.17, 15) is 9.59 Å². The van der Waals surface area contributed by atoms with E-state index in [1.54, 1.807) is 6.92 Å². The van der Waals surface area contributed by atoms with Gasteiger partial charge in [-0.3, -0.25) is 4.79 Å². The van der Waals surface area contributed by atoms with Crippen LogP contribution in [0.2, 0.25) is 0 Å². The average molecular weight is 376 g/mol. The molecule has 0 saturated carbocycles. The van der Waals surface area contributed by atoms with Crippen LogP contribution in [0.4, 0.5) is 0 Å². The van der Waals surface area contributed by atoms with Crippen molar-refractivity contribution >= 4 is 23.2 Å². The Balaban J connectivity index is 1.77. The maximum atomic E-state index is 11.9. The van der Waals surface area contributed by atoms with Crippen LogP contribution >= 0.6 is 11.3 Å². The number of carboxylic acids is 1. The van der Waals surface area contributed by atoms with Gasteiger partial charge in [0.2, 0.25) is 5.91 Å². The molecule has 0 atom stereocenters. The summed E-state index contributed by atoms with van der Waals surface area (Å²) in [6.07, 6.45) is 0.0704. The van der Waals surface area contributed by atoms with Gasteiger partial charge >= 0.3 is 5.97 Å². The van der Waals surface area contributed by atoms with E-state index in [0.717, 1.165) is 17.1 Å². The van der Waals surface area contributed by atoms with Gasteiger partial charge in [0.05, 0.1) is 18.7 Å². The monoisotopic (exact) mass is 376 g/mol. The van der Waals surface area contributed by atoms with Gasteiger partial charge in [-0.15, -0.1) is 11.3 Å². The van der Waals surface area contributed by atoms with Gasteiger partial charge in [0.15, 0.2) is 0 Å². The van der Waals surface area contributed by atoms with Crippen molar-refractivity contribution in [2.45, 2.75) is 40.0 Å². The Labute approximate surface area is 157 Å². The topological polar surface area (TPSA) is 88.5 Å². The minimum atomic E-state index is -1.01. The number of aromatic nitrogens is 1. The standard InChI is InChI=1S/C19H24N2O4S/c1-11(2)15-6-5-14(9-12(15)3)25-8-7-20-16(22)10-17-21-13(4)18(26-17)19(23)24/h5-6,9,11H,7-8,10H2,1-4H3,(H,20,22)(H,23,24). The molecule has 0 fully saturated rings. The summed E-state index contributed by atoms with van der Waals surface area (Å²) in [6, 6.07) is 6.01. The first-order valence-corrected chi connectivity index (χ1v) is 9.29. The van der Waals surface area contributed by atoms with Crippen LogP contribution in [0.1, 0.15) is 51.3 Å². The number of carboxylic acid groups (broad SMARTS) is 1. The number of nitrogens with one attached hydrogen (secondary N) is 1. The lowest BCUT2D eigenvalue weighted by molar-refractivity contribution is -0.120. The highest BCUT2D eigenvalue weighted by Crippen LogP contribution is 2.23. The molecule has 0 saturated heterocycles. The SMILES string of the molecule is Cc1cc(OCCNC(=O)Cc2nc(C)c(C(=O)O)s2)ccc1C(C)C. The zero-order valence-electron chi connectivity index (χ0n) is 15.5. The lowest BCUT2D eigenvalue weighted by Crippen LogP contribution is -2.29. The number of ether oxygens (including phenoxy) is 1. The summed E-state index contributed by atoms with van der Waals surface area (Å²) in [6.45, 7) is 8.74. The number of aryl methyl sites for hydroxylation is 2. The Kier molecular flexibility index (Phi) is 6.74. The largest absolute Gasteiger partial charge is 0.492 e. The number of hydrogen-bond acceptors (Lipinski definition) is 5. The maximum absolute atomic E-state index is 11.9. The van der Waals surface area contributed by atoms with E-state index in [1.807, 2.05) is 12.1 Å². The fourth-order valence-electron chi connectivity index (χ4n) is 2.67. The molecule has 0 aliphatic rings. The molecule has 26 heavy (non-hydrogen) atoms. The molecule has 1 aromatic heterocycles. The Morgan fingerprint density at radius 3 is 2.62 bits per heavy atom. The summed E-state index contributed by atoms with van der Waals surface area (Å²) >= 11 is 1.03. The Bertz CT molecular complexity index is 799. The minimum absolute atomic E-state index is 0.0704. The van der Waals surface area contributed by atoms with Gasteiger partial charge in [-0.05, 0) is 43.0 Å². The zero-order valence-corrected chi connectivity index (χ0v) is 16.3. The lowest BCUT2D eigenvalue weighted by Gasteiger charge is -2.12. The van der Waals surface area contributed by atoms with Crippen LogP contribution in [0.3, 0.4) is 0 Å². The summed E-state index contributed by atoms with van der Waals surface area (Å²) in [4.78, 5) is 27.2. The highest BCUT2D eigenvalue weighted by molar-refractivity contribution is 7.13. The summed E-state index contributed by atoms with van der Waals surface area (Å²) < 4.78 is 5.67. The van der Waals surface area contributed by atoms with E-state index in [-0.39, 0.29) is 17.2 Å². The second-order valence-electron chi connectivity index (χ2n) is 6.38. The first-order valence-electron chi connectivity index (χ1n) is 8.47. The molecule has 0 unspecified atom stereocenters. The summed E-state index contributed by atoms with van der Waals surface area (Å²) in [5.41, 5.74) is 2.92. The quantitative estimate of drug-likeness (QED) is 0.690. The molecule has 0 aliphatic carbocycles. The van der Waals surface area contributed by atoms with Crippen LogP contribution in [-0.2, 0) is 11.2 Å². The van der Waals surface area contributed by atoms with Gasteiger partial charge < -0.3 is 15.2 Å². The molecule has 0 bridgehead atoms. The number of thiazole rings is 1. The predicted octanol–water partition coefficient (Wildman–Crippen LogP) is 3.32. The van der Waals surface area contributed by atoms with Crippen LogP contribution in [0, 0.1) is 13.8 Å². The average Bonchev–Trinajstić information content (AvgIpc) is 2.92. The molecule has 2 aromatic rings. The van der Waals surface area contributed by atoms with E-state index in [1.165, 1.54) is 11.1 Å². The second-order valence-corrected chi connectivity index (χ2v) is 7.46. The molecule has 1 aromatic carbocycles. The second kappa shape index (κ2) is 8.80. The molecule has 0 spiro atoms. The van der Waals surface area contributed by atoms with Crippen LogP contribution < -0.4 is 10.1 Å². The van der Waals surface area contributed by atoms with Crippen molar-refractivity contribution in [1.82, 2.24) is 10.3 Å². The molecule has 6 nitrogen and oxygen atoms in total. The fraction of sp³-hybridized carbons (Fsp3) is 0.421. The molecule has 1 amide bonds. The number of nitrogens with zero attached hydrogens (tertiary/aromatic N) is 1. The Morgan fingerprint density at radius 2 is 2.04 bits per heavy atom. The third-order valence-corrected chi connectivity index (χ3v) is 5.05. The van der Waals surface area contributed by atoms with Gasteiger partial charge in [-0.25, -0.2) is 9.78 Å². The van der Waals surface area contributed by atoms with E-state index < -0.39 is 5.97 Å². The van der Waals surface area contributed by atoms with Crippen molar-refractivity contribution in [1.29, 1.82) is 0 Å². The number of amides is 1. The lowest BCUT2D eigenvalue weighted by atomic mass is 9.98. The van der Waals surface area contributed by atoms with E-state index in [2.05, 4.69) is 37.1 Å². The number of rotatable bonds is 8. The smallest absolute Gasteiger partial charge is 0.347 e. The van der Waals surface area contributed by atoms with Crippen molar-refractivity contribution in [3.05, 3.63) is 44.9 Å².